The molecule has 82 valence electrons. The Morgan fingerprint density at radius 1 is 1.31 bits per heavy atom. The average molecular weight is 258 g/mol. The lowest BCUT2D eigenvalue weighted by atomic mass is 10.4. The molecule has 0 radical (unpaired) electrons. The Kier molecular flexibility index (Phi) is 3.07. The fourth-order valence-corrected chi connectivity index (χ4v) is 1.31. The molecule has 16 heavy (non-hydrogen) atoms. The quantitative estimate of drug-likeness (QED) is 0.840. The maximum Gasteiger partial charge on any atom is 0.292 e. The molecule has 0 aromatic carbocycles. The number of amides is 1. The zero-order valence-corrected chi connectivity index (χ0v) is 9.29. The summed E-state index contributed by atoms with van der Waals surface area (Å²) in [7, 11) is 0. The van der Waals surface area contributed by atoms with Gasteiger partial charge in [0.25, 0.3) is 5.91 Å². The van der Waals surface area contributed by atoms with Crippen LogP contribution in [0, 0.1) is 0 Å². The van der Waals surface area contributed by atoms with Crippen LogP contribution >= 0.6 is 23.2 Å². The highest BCUT2D eigenvalue weighted by Crippen LogP contribution is 2.15. The van der Waals surface area contributed by atoms with E-state index < -0.39 is 5.91 Å². The van der Waals surface area contributed by atoms with Crippen molar-refractivity contribution in [3.05, 3.63) is 40.7 Å². The van der Waals surface area contributed by atoms with E-state index >= 15 is 0 Å². The van der Waals surface area contributed by atoms with Crippen LogP contribution in [-0.4, -0.2) is 15.9 Å². The van der Waals surface area contributed by atoms with Crippen molar-refractivity contribution in [2.45, 2.75) is 0 Å². The third-order valence-corrected chi connectivity index (χ3v) is 2.08. The Labute approximate surface area is 100 Å². The summed E-state index contributed by atoms with van der Waals surface area (Å²) in [6, 6.07) is 4.36. The van der Waals surface area contributed by atoms with Gasteiger partial charge in [0.05, 0.1) is 0 Å². The van der Waals surface area contributed by atoms with Gasteiger partial charge in [-0.05, 0) is 23.7 Å². The van der Waals surface area contributed by atoms with Crippen molar-refractivity contribution < 1.29 is 9.21 Å². The van der Waals surface area contributed by atoms with E-state index in [4.69, 9.17) is 27.6 Å². The zero-order chi connectivity index (χ0) is 11.5. The highest BCUT2D eigenvalue weighted by atomic mass is 35.5. The summed E-state index contributed by atoms with van der Waals surface area (Å²) < 4.78 is 4.92. The number of nitrogens with one attached hydrogen (secondary N) is 1. The van der Waals surface area contributed by atoms with Crippen LogP contribution < -0.4 is 5.32 Å². The van der Waals surface area contributed by atoms with Crippen LogP contribution in [0.2, 0.25) is 10.4 Å². The Bertz CT molecular complexity index is 527. The molecule has 2 aromatic heterocycles. The molecule has 0 aliphatic carbocycles. The Hall–Kier alpha value is -1.59. The summed E-state index contributed by atoms with van der Waals surface area (Å²) in [5.41, 5.74) is 0. The standard InChI is InChI=1S/C9H5Cl2N3O2/c10-6-3-8(13-4-12-6)14-9(15)5-1-2-7(11)16-5/h1-4H,(H,12,13,14,15). The third kappa shape index (κ3) is 2.50. The van der Waals surface area contributed by atoms with Gasteiger partial charge in [0.2, 0.25) is 0 Å². The first-order valence-corrected chi connectivity index (χ1v) is 4.95. The number of furan rings is 1. The van der Waals surface area contributed by atoms with Crippen molar-refractivity contribution in [3.63, 3.8) is 0 Å². The maximum absolute atomic E-state index is 11.6. The van der Waals surface area contributed by atoms with Crippen LogP contribution in [0.15, 0.2) is 28.9 Å². The topological polar surface area (TPSA) is 68.0 Å². The van der Waals surface area contributed by atoms with E-state index in [1.807, 2.05) is 0 Å². The van der Waals surface area contributed by atoms with Crippen molar-refractivity contribution in [2.75, 3.05) is 5.32 Å². The molecule has 1 N–H and O–H groups in total. The minimum absolute atomic E-state index is 0.0970. The predicted molar refractivity (Wildman–Crippen MR) is 58.7 cm³/mol. The average Bonchev–Trinajstić information content (AvgIpc) is 2.65. The minimum Gasteiger partial charge on any atom is -0.440 e. The van der Waals surface area contributed by atoms with Gasteiger partial charge in [-0.1, -0.05) is 11.6 Å². The fourth-order valence-electron chi connectivity index (χ4n) is 1.02. The molecule has 0 saturated heterocycles. The van der Waals surface area contributed by atoms with Crippen LogP contribution in [0.1, 0.15) is 10.6 Å². The largest absolute Gasteiger partial charge is 0.440 e. The number of carbonyl (C=O) groups excluding carboxylic acids is 1. The summed E-state index contributed by atoms with van der Waals surface area (Å²) in [6.45, 7) is 0. The minimum atomic E-state index is -0.457. The molecule has 0 aliphatic rings. The molecule has 5 nitrogen and oxygen atoms in total. The molecule has 0 unspecified atom stereocenters. The van der Waals surface area contributed by atoms with Gasteiger partial charge in [-0.15, -0.1) is 0 Å². The molecule has 0 spiro atoms. The second-order valence-electron chi connectivity index (χ2n) is 2.78. The number of hydrogen-bond donors (Lipinski definition) is 1. The fraction of sp³-hybridized carbons (Fsp3) is 0. The van der Waals surface area contributed by atoms with Gasteiger partial charge in [-0.25, -0.2) is 9.97 Å². The van der Waals surface area contributed by atoms with E-state index in [0.29, 0.717) is 0 Å². The van der Waals surface area contributed by atoms with Crippen LogP contribution in [0.5, 0.6) is 0 Å². The highest BCUT2D eigenvalue weighted by Gasteiger charge is 2.11. The van der Waals surface area contributed by atoms with E-state index in [-0.39, 0.29) is 22.0 Å². The molecule has 2 aromatic rings. The van der Waals surface area contributed by atoms with E-state index in [2.05, 4.69) is 15.3 Å². The Morgan fingerprint density at radius 3 is 2.75 bits per heavy atom. The Balaban J connectivity index is 2.13. The van der Waals surface area contributed by atoms with Crippen LogP contribution in [0.25, 0.3) is 0 Å². The van der Waals surface area contributed by atoms with Crippen LogP contribution in [0.4, 0.5) is 5.82 Å². The highest BCUT2D eigenvalue weighted by molar-refractivity contribution is 6.29. The number of carbonyl (C=O) groups is 1. The second-order valence-corrected chi connectivity index (χ2v) is 3.54. The molecule has 2 rings (SSSR count). The van der Waals surface area contributed by atoms with Gasteiger partial charge in [0, 0.05) is 6.07 Å². The number of rotatable bonds is 2. The molecular formula is C9H5Cl2N3O2. The lowest BCUT2D eigenvalue weighted by Gasteiger charge is -2.01. The van der Waals surface area contributed by atoms with Crippen molar-refractivity contribution in [2.24, 2.45) is 0 Å². The molecule has 0 saturated carbocycles. The molecular weight excluding hydrogens is 253 g/mol. The lowest BCUT2D eigenvalue weighted by Crippen LogP contribution is -2.12. The SMILES string of the molecule is O=C(Nc1cc(Cl)ncn1)c1ccc(Cl)o1. The van der Waals surface area contributed by atoms with E-state index in [9.17, 15) is 4.79 Å². The van der Waals surface area contributed by atoms with Gasteiger partial charge in [-0.3, -0.25) is 4.79 Å². The second kappa shape index (κ2) is 4.51. The van der Waals surface area contributed by atoms with Crippen molar-refractivity contribution in [3.8, 4) is 0 Å². The number of nitrogens with zero attached hydrogens (tertiary/aromatic N) is 2. The van der Waals surface area contributed by atoms with Crippen molar-refractivity contribution in [1.82, 2.24) is 9.97 Å². The lowest BCUT2D eigenvalue weighted by molar-refractivity contribution is 0.0996. The molecule has 0 bridgehead atoms. The van der Waals surface area contributed by atoms with Gasteiger partial charge in [0.1, 0.15) is 17.3 Å². The van der Waals surface area contributed by atoms with Crippen LogP contribution in [-0.2, 0) is 0 Å². The Morgan fingerprint density at radius 2 is 2.12 bits per heavy atom. The molecule has 2 heterocycles. The third-order valence-electron chi connectivity index (χ3n) is 1.67. The summed E-state index contributed by atoms with van der Waals surface area (Å²) in [5, 5.41) is 2.87. The van der Waals surface area contributed by atoms with Gasteiger partial charge >= 0.3 is 0 Å². The smallest absolute Gasteiger partial charge is 0.292 e. The first-order valence-electron chi connectivity index (χ1n) is 4.19. The van der Waals surface area contributed by atoms with Gasteiger partial charge < -0.3 is 9.73 Å². The molecule has 7 heteroatoms. The first-order chi connectivity index (χ1) is 7.65. The zero-order valence-electron chi connectivity index (χ0n) is 7.78. The summed E-state index contributed by atoms with van der Waals surface area (Å²) in [6.07, 6.45) is 1.24. The predicted octanol–water partition coefficient (Wildman–Crippen LogP) is 2.63. The maximum atomic E-state index is 11.6. The molecule has 0 fully saturated rings. The summed E-state index contributed by atoms with van der Waals surface area (Å²) >= 11 is 11.2. The van der Waals surface area contributed by atoms with Crippen LogP contribution in [0.3, 0.4) is 0 Å². The van der Waals surface area contributed by atoms with Crippen molar-refractivity contribution in [1.29, 1.82) is 0 Å². The monoisotopic (exact) mass is 257 g/mol. The molecule has 0 aliphatic heterocycles. The first kappa shape index (κ1) is 10.9. The summed E-state index contributed by atoms with van der Waals surface area (Å²) in [5.74, 6) is -0.0704. The molecule has 0 atom stereocenters. The van der Waals surface area contributed by atoms with Gasteiger partial charge in [0.15, 0.2) is 11.0 Å². The van der Waals surface area contributed by atoms with E-state index in [1.165, 1.54) is 24.5 Å². The number of halogens is 2. The van der Waals surface area contributed by atoms with E-state index in [1.54, 1.807) is 0 Å². The summed E-state index contributed by atoms with van der Waals surface area (Å²) in [4.78, 5) is 19.1. The number of anilines is 1. The van der Waals surface area contributed by atoms with Crippen molar-refractivity contribution >= 4 is 34.9 Å². The van der Waals surface area contributed by atoms with Gasteiger partial charge in [-0.2, -0.15) is 0 Å². The normalized spacial score (nSPS) is 10.1. The molecule has 1 amide bonds. The van der Waals surface area contributed by atoms with E-state index in [0.717, 1.165) is 0 Å². The number of hydrogen-bond acceptors (Lipinski definition) is 4. The number of aromatic nitrogens is 2.